The lowest BCUT2D eigenvalue weighted by atomic mass is 9.84. The number of ether oxygens (including phenoxy) is 8. The summed E-state index contributed by atoms with van der Waals surface area (Å²) >= 11 is 0. The lowest BCUT2D eigenvalue weighted by Crippen LogP contribution is -2.14. The molecule has 2 aromatic carbocycles. The van der Waals surface area contributed by atoms with E-state index >= 15 is 0 Å². The maximum absolute atomic E-state index is 6.25. The number of hydrogen-bond acceptors (Lipinski definition) is 8. The smallest absolute Gasteiger partial charge is 0.231 e. The van der Waals surface area contributed by atoms with Gasteiger partial charge in [-0.05, 0) is 35.4 Å². The number of benzene rings is 2. The summed E-state index contributed by atoms with van der Waals surface area (Å²) in [4.78, 5) is 0. The number of rotatable bonds is 4. The Morgan fingerprint density at radius 2 is 1.13 bits per heavy atom. The van der Waals surface area contributed by atoms with Crippen LogP contribution < -0.4 is 28.4 Å². The van der Waals surface area contributed by atoms with Crippen LogP contribution in [0.25, 0.3) is 0 Å². The molecular formula is C22H22O8. The molecule has 0 saturated carbocycles. The molecule has 2 saturated heterocycles. The molecule has 4 aliphatic rings. The lowest BCUT2D eigenvalue weighted by Gasteiger charge is -2.18. The van der Waals surface area contributed by atoms with E-state index in [1.807, 2.05) is 24.3 Å². The molecule has 0 unspecified atom stereocenters. The summed E-state index contributed by atoms with van der Waals surface area (Å²) in [6.07, 6.45) is -0.196. The molecule has 8 heteroatoms. The number of fused-ring (bicyclic) bond motifs is 3. The van der Waals surface area contributed by atoms with Crippen LogP contribution in [0.2, 0.25) is 0 Å². The van der Waals surface area contributed by atoms with Gasteiger partial charge in [0.25, 0.3) is 0 Å². The molecule has 2 aromatic rings. The fourth-order valence-corrected chi connectivity index (χ4v) is 4.86. The molecule has 0 radical (unpaired) electrons. The van der Waals surface area contributed by atoms with Gasteiger partial charge in [-0.1, -0.05) is 0 Å². The quantitative estimate of drug-likeness (QED) is 0.755. The molecule has 30 heavy (non-hydrogen) atoms. The van der Waals surface area contributed by atoms with Gasteiger partial charge >= 0.3 is 0 Å². The van der Waals surface area contributed by atoms with Gasteiger partial charge in [0.15, 0.2) is 23.0 Å². The topological polar surface area (TPSA) is 73.8 Å². The zero-order chi connectivity index (χ0) is 20.2. The van der Waals surface area contributed by atoms with Crippen molar-refractivity contribution in [1.29, 1.82) is 0 Å². The van der Waals surface area contributed by atoms with Crippen molar-refractivity contribution in [2.24, 2.45) is 11.8 Å². The van der Waals surface area contributed by atoms with E-state index in [4.69, 9.17) is 37.9 Å². The van der Waals surface area contributed by atoms with Gasteiger partial charge < -0.3 is 37.9 Å². The van der Waals surface area contributed by atoms with Gasteiger partial charge in [-0.25, -0.2) is 0 Å². The second-order valence-corrected chi connectivity index (χ2v) is 7.75. The van der Waals surface area contributed by atoms with E-state index < -0.39 is 0 Å². The highest BCUT2D eigenvalue weighted by Crippen LogP contribution is 2.54. The second-order valence-electron chi connectivity index (χ2n) is 7.75. The molecule has 0 amide bonds. The minimum atomic E-state index is -0.0979. The van der Waals surface area contributed by atoms with Crippen molar-refractivity contribution in [2.75, 3.05) is 41.0 Å². The predicted octanol–water partition coefficient (Wildman–Crippen LogP) is 3.24. The van der Waals surface area contributed by atoms with Crippen LogP contribution in [0.15, 0.2) is 24.3 Å². The Bertz CT molecular complexity index is 910. The first-order chi connectivity index (χ1) is 14.8. The summed E-state index contributed by atoms with van der Waals surface area (Å²) in [5, 5.41) is 0. The molecule has 4 heterocycles. The summed E-state index contributed by atoms with van der Waals surface area (Å²) in [6, 6.07) is 7.90. The highest BCUT2D eigenvalue weighted by atomic mass is 16.7. The van der Waals surface area contributed by atoms with Crippen LogP contribution in [0.5, 0.6) is 34.5 Å². The third kappa shape index (κ3) is 2.60. The zero-order valence-corrected chi connectivity index (χ0v) is 16.7. The molecule has 158 valence electrons. The fourth-order valence-electron chi connectivity index (χ4n) is 4.86. The zero-order valence-electron chi connectivity index (χ0n) is 16.7. The van der Waals surface area contributed by atoms with E-state index in [-0.39, 0.29) is 37.6 Å². The minimum absolute atomic E-state index is 0.0979. The average molecular weight is 414 g/mol. The van der Waals surface area contributed by atoms with Crippen molar-refractivity contribution in [1.82, 2.24) is 0 Å². The Kier molecular flexibility index (Phi) is 4.10. The summed E-state index contributed by atoms with van der Waals surface area (Å²) in [6.45, 7) is 1.61. The van der Waals surface area contributed by atoms with Crippen LogP contribution in [-0.4, -0.2) is 41.0 Å². The van der Waals surface area contributed by atoms with Crippen LogP contribution in [-0.2, 0) is 9.47 Å². The normalized spacial score (nSPS) is 27.9. The van der Waals surface area contributed by atoms with Crippen molar-refractivity contribution in [3.05, 3.63) is 35.4 Å². The minimum Gasteiger partial charge on any atom is -0.493 e. The standard InChI is InChI=1S/C22H22O8/c1-23-15-3-11(5-17-21(15)29-9-27-17)19-13-7-26-20(14(13)8-25-19)12-4-16(24-2)22-18(6-12)28-10-30-22/h3-6,13-14,19-20H,7-10H2,1-2H3/t13-,14-,19+,20+/m0/s1. The van der Waals surface area contributed by atoms with Crippen LogP contribution in [0.4, 0.5) is 0 Å². The number of methoxy groups -OCH3 is 2. The third-order valence-corrected chi connectivity index (χ3v) is 6.28. The largest absolute Gasteiger partial charge is 0.493 e. The van der Waals surface area contributed by atoms with Gasteiger partial charge in [-0.2, -0.15) is 0 Å². The van der Waals surface area contributed by atoms with Gasteiger partial charge in [0.2, 0.25) is 25.1 Å². The molecule has 8 nitrogen and oxygen atoms in total. The van der Waals surface area contributed by atoms with Crippen LogP contribution in [0.1, 0.15) is 23.3 Å². The Balaban J connectivity index is 1.30. The third-order valence-electron chi connectivity index (χ3n) is 6.28. The molecule has 6 rings (SSSR count). The molecule has 0 spiro atoms. The van der Waals surface area contributed by atoms with E-state index in [2.05, 4.69) is 0 Å². The van der Waals surface area contributed by atoms with Crippen molar-refractivity contribution in [3.63, 3.8) is 0 Å². The molecule has 2 fully saturated rings. The predicted molar refractivity (Wildman–Crippen MR) is 103 cm³/mol. The Morgan fingerprint density at radius 3 is 1.57 bits per heavy atom. The molecular weight excluding hydrogens is 392 g/mol. The molecule has 0 aromatic heterocycles. The van der Waals surface area contributed by atoms with E-state index in [1.165, 1.54) is 0 Å². The van der Waals surface area contributed by atoms with Gasteiger partial charge in [0.1, 0.15) is 0 Å². The van der Waals surface area contributed by atoms with E-state index in [0.717, 1.165) is 11.1 Å². The van der Waals surface area contributed by atoms with Gasteiger partial charge in [0.05, 0.1) is 39.6 Å². The van der Waals surface area contributed by atoms with E-state index in [1.54, 1.807) is 14.2 Å². The summed E-state index contributed by atoms with van der Waals surface area (Å²) in [5.74, 6) is 4.41. The highest BCUT2D eigenvalue weighted by Gasteiger charge is 2.49. The molecule has 4 aliphatic heterocycles. The fraction of sp³-hybridized carbons (Fsp3) is 0.455. The van der Waals surface area contributed by atoms with Gasteiger partial charge in [0, 0.05) is 11.8 Å². The molecule has 0 aliphatic carbocycles. The van der Waals surface area contributed by atoms with Crippen molar-refractivity contribution in [2.45, 2.75) is 12.2 Å². The molecule has 0 N–H and O–H groups in total. The summed E-state index contributed by atoms with van der Waals surface area (Å²) in [5.41, 5.74) is 2.02. The van der Waals surface area contributed by atoms with Crippen molar-refractivity contribution < 1.29 is 37.9 Å². The highest BCUT2D eigenvalue weighted by molar-refractivity contribution is 5.57. The van der Waals surface area contributed by atoms with Crippen LogP contribution in [0, 0.1) is 11.8 Å². The van der Waals surface area contributed by atoms with E-state index in [0.29, 0.717) is 47.7 Å². The van der Waals surface area contributed by atoms with Gasteiger partial charge in [-0.3, -0.25) is 0 Å². The van der Waals surface area contributed by atoms with E-state index in [9.17, 15) is 0 Å². The first kappa shape index (κ1) is 18.0. The maximum Gasteiger partial charge on any atom is 0.231 e. The number of hydrogen-bond donors (Lipinski definition) is 0. The summed E-state index contributed by atoms with van der Waals surface area (Å²) < 4.78 is 45.7. The monoisotopic (exact) mass is 414 g/mol. The van der Waals surface area contributed by atoms with Crippen LogP contribution in [0.3, 0.4) is 0 Å². The van der Waals surface area contributed by atoms with Gasteiger partial charge in [-0.15, -0.1) is 0 Å². The average Bonchev–Trinajstić information content (AvgIpc) is 3.55. The Hall–Kier alpha value is -2.84. The van der Waals surface area contributed by atoms with Crippen LogP contribution >= 0.6 is 0 Å². The SMILES string of the molecule is COc1cc([C@H]2OC[C@H]3[C@@H]2CO[C@@H]3c2cc(OC)c3c(c2)OCO3)cc2c1OCO2. The van der Waals surface area contributed by atoms with Crippen molar-refractivity contribution in [3.8, 4) is 34.5 Å². The summed E-state index contributed by atoms with van der Waals surface area (Å²) in [7, 11) is 3.25. The Morgan fingerprint density at radius 1 is 0.667 bits per heavy atom. The molecule has 4 atom stereocenters. The second kappa shape index (κ2) is 6.85. The first-order valence-corrected chi connectivity index (χ1v) is 9.95. The van der Waals surface area contributed by atoms with Crippen molar-refractivity contribution >= 4 is 0 Å². The lowest BCUT2D eigenvalue weighted by molar-refractivity contribution is 0.0190. The maximum atomic E-state index is 6.25. The first-order valence-electron chi connectivity index (χ1n) is 9.95. The Labute approximate surface area is 173 Å². The molecule has 0 bridgehead atoms.